The Morgan fingerprint density at radius 3 is 2.96 bits per heavy atom. The first-order valence-corrected chi connectivity index (χ1v) is 10.9. The van der Waals surface area contributed by atoms with Crippen molar-refractivity contribution in [3.63, 3.8) is 0 Å². The Hall–Kier alpha value is -1.64. The summed E-state index contributed by atoms with van der Waals surface area (Å²) in [5, 5.41) is 8.27. The van der Waals surface area contributed by atoms with Gasteiger partial charge < -0.3 is 5.32 Å². The number of nitrogens with zero attached hydrogens (tertiary/aromatic N) is 2. The lowest BCUT2D eigenvalue weighted by molar-refractivity contribution is -0.118. The summed E-state index contributed by atoms with van der Waals surface area (Å²) in [6.07, 6.45) is 2.14. The van der Waals surface area contributed by atoms with Crippen LogP contribution in [0.1, 0.15) is 19.8 Å². The van der Waals surface area contributed by atoms with Crippen molar-refractivity contribution >= 4 is 50.6 Å². The molecule has 3 heterocycles. The highest BCUT2D eigenvalue weighted by Crippen LogP contribution is 2.34. The van der Waals surface area contributed by atoms with Crippen LogP contribution in [0.15, 0.2) is 32.8 Å². The Morgan fingerprint density at radius 2 is 2.28 bits per heavy atom. The number of amides is 1. The molecule has 1 aliphatic carbocycles. The van der Waals surface area contributed by atoms with Gasteiger partial charge in [0.05, 0.1) is 11.1 Å². The monoisotopic (exact) mass is 391 g/mol. The largest absolute Gasteiger partial charge is 0.353 e. The number of nitrogens with one attached hydrogen (secondary N) is 1. The second kappa shape index (κ2) is 6.93. The van der Waals surface area contributed by atoms with Crippen molar-refractivity contribution in [1.82, 2.24) is 14.9 Å². The summed E-state index contributed by atoms with van der Waals surface area (Å²) in [5.74, 6) is 0.299. The van der Waals surface area contributed by atoms with E-state index in [0.717, 1.165) is 28.1 Å². The van der Waals surface area contributed by atoms with Crippen LogP contribution < -0.4 is 10.9 Å². The van der Waals surface area contributed by atoms with Crippen LogP contribution in [0, 0.1) is 0 Å². The van der Waals surface area contributed by atoms with E-state index in [4.69, 9.17) is 0 Å². The lowest BCUT2D eigenvalue weighted by atomic mass is 10.2. The van der Waals surface area contributed by atoms with Crippen molar-refractivity contribution in [2.75, 3.05) is 5.75 Å². The first-order valence-electron chi connectivity index (χ1n) is 8.15. The second-order valence-electron chi connectivity index (χ2n) is 5.88. The number of carbonyl (C=O) groups is 1. The first kappa shape index (κ1) is 16.8. The number of hydrogen-bond acceptors (Lipinski definition) is 6. The lowest BCUT2D eigenvalue weighted by Gasteiger charge is -2.10. The summed E-state index contributed by atoms with van der Waals surface area (Å²) in [6, 6.07) is 4.35. The molecule has 0 radical (unpaired) electrons. The zero-order chi connectivity index (χ0) is 17.4. The Balaban J connectivity index is 1.68. The fourth-order valence-corrected chi connectivity index (χ4v) is 5.31. The summed E-state index contributed by atoms with van der Waals surface area (Å²) in [4.78, 5) is 31.4. The second-order valence-corrected chi connectivity index (χ2v) is 8.63. The quantitative estimate of drug-likeness (QED) is 0.515. The molecule has 25 heavy (non-hydrogen) atoms. The molecule has 0 unspecified atom stereocenters. The van der Waals surface area contributed by atoms with Crippen LogP contribution in [-0.4, -0.2) is 27.3 Å². The van der Waals surface area contributed by atoms with Gasteiger partial charge in [0.25, 0.3) is 5.56 Å². The third-order valence-electron chi connectivity index (χ3n) is 4.04. The smallest absolute Gasteiger partial charge is 0.263 e. The van der Waals surface area contributed by atoms with E-state index in [9.17, 15) is 9.59 Å². The molecule has 0 atom stereocenters. The van der Waals surface area contributed by atoms with Gasteiger partial charge in [-0.3, -0.25) is 14.2 Å². The molecule has 3 aromatic heterocycles. The van der Waals surface area contributed by atoms with Gasteiger partial charge in [-0.2, -0.15) is 0 Å². The molecule has 1 fully saturated rings. The van der Waals surface area contributed by atoms with Gasteiger partial charge in [-0.1, -0.05) is 17.8 Å². The molecule has 0 bridgehead atoms. The molecule has 0 aliphatic heterocycles. The Bertz CT molecular complexity index is 971. The molecule has 1 saturated carbocycles. The van der Waals surface area contributed by atoms with E-state index in [2.05, 4.69) is 10.3 Å². The zero-order valence-electron chi connectivity index (χ0n) is 13.7. The molecule has 5 nitrogen and oxygen atoms in total. The Morgan fingerprint density at radius 1 is 1.44 bits per heavy atom. The van der Waals surface area contributed by atoms with Crippen LogP contribution in [0.25, 0.3) is 20.7 Å². The number of thioether (sulfide) groups is 1. The van der Waals surface area contributed by atoms with Crippen LogP contribution in [-0.2, 0) is 11.3 Å². The Labute approximate surface area is 157 Å². The first-order chi connectivity index (χ1) is 12.2. The molecular formula is C17H17N3O2S3. The van der Waals surface area contributed by atoms with E-state index < -0.39 is 0 Å². The molecule has 130 valence electrons. The van der Waals surface area contributed by atoms with E-state index >= 15 is 0 Å². The number of hydrogen-bond donors (Lipinski definition) is 1. The maximum atomic E-state index is 13.0. The minimum absolute atomic E-state index is 0.00922. The molecule has 1 N–H and O–H groups in total. The molecule has 8 heteroatoms. The summed E-state index contributed by atoms with van der Waals surface area (Å²) in [7, 11) is 0. The third kappa shape index (κ3) is 3.38. The van der Waals surface area contributed by atoms with Crippen molar-refractivity contribution < 1.29 is 4.79 Å². The summed E-state index contributed by atoms with van der Waals surface area (Å²) < 4.78 is 1.67. The topological polar surface area (TPSA) is 64.0 Å². The van der Waals surface area contributed by atoms with E-state index in [1.54, 1.807) is 15.9 Å². The lowest BCUT2D eigenvalue weighted by Crippen LogP contribution is -2.28. The van der Waals surface area contributed by atoms with Crippen LogP contribution in [0.4, 0.5) is 0 Å². The van der Waals surface area contributed by atoms with Crippen LogP contribution >= 0.6 is 34.4 Å². The van der Waals surface area contributed by atoms with E-state index in [1.165, 1.54) is 23.1 Å². The molecule has 0 spiro atoms. The fraction of sp³-hybridized carbons (Fsp3) is 0.353. The molecule has 0 aromatic carbocycles. The zero-order valence-corrected chi connectivity index (χ0v) is 16.1. The van der Waals surface area contributed by atoms with Gasteiger partial charge in [-0.25, -0.2) is 4.98 Å². The average Bonchev–Trinajstić information content (AvgIpc) is 3.10. The van der Waals surface area contributed by atoms with Gasteiger partial charge in [-0.05, 0) is 31.2 Å². The van der Waals surface area contributed by atoms with E-state index in [0.29, 0.717) is 23.1 Å². The van der Waals surface area contributed by atoms with E-state index in [-0.39, 0.29) is 17.2 Å². The highest BCUT2D eigenvalue weighted by atomic mass is 32.2. The van der Waals surface area contributed by atoms with Crippen molar-refractivity contribution in [3.05, 3.63) is 33.2 Å². The number of aromatic nitrogens is 2. The predicted octanol–water partition coefficient (Wildman–Crippen LogP) is 3.58. The molecule has 3 aromatic rings. The molecule has 1 amide bonds. The van der Waals surface area contributed by atoms with Crippen molar-refractivity contribution in [3.8, 4) is 10.4 Å². The molecule has 4 rings (SSSR count). The molecule has 0 saturated heterocycles. The third-order valence-corrected chi connectivity index (χ3v) is 6.79. The van der Waals surface area contributed by atoms with Crippen molar-refractivity contribution in [2.45, 2.75) is 37.5 Å². The highest BCUT2D eigenvalue weighted by molar-refractivity contribution is 7.99. The van der Waals surface area contributed by atoms with Crippen LogP contribution in [0.5, 0.6) is 0 Å². The maximum absolute atomic E-state index is 13.0. The SMILES string of the molecule is CCn1c(SCC(=O)NC2CC2)nc2scc(-c3cccs3)c2c1=O. The molecular weight excluding hydrogens is 374 g/mol. The van der Waals surface area contributed by atoms with Gasteiger partial charge in [0, 0.05) is 28.4 Å². The highest BCUT2D eigenvalue weighted by Gasteiger charge is 2.23. The average molecular weight is 392 g/mol. The fourth-order valence-electron chi connectivity index (χ4n) is 2.64. The number of fused-ring (bicyclic) bond motifs is 1. The van der Waals surface area contributed by atoms with Crippen LogP contribution in [0.2, 0.25) is 0 Å². The molecule has 1 aliphatic rings. The summed E-state index contributed by atoms with van der Waals surface area (Å²) >= 11 is 4.44. The van der Waals surface area contributed by atoms with Gasteiger partial charge >= 0.3 is 0 Å². The van der Waals surface area contributed by atoms with E-state index in [1.807, 2.05) is 29.8 Å². The van der Waals surface area contributed by atoms with Crippen molar-refractivity contribution in [1.29, 1.82) is 0 Å². The minimum Gasteiger partial charge on any atom is -0.353 e. The van der Waals surface area contributed by atoms with Gasteiger partial charge in [-0.15, -0.1) is 22.7 Å². The number of carbonyl (C=O) groups excluding carboxylic acids is 1. The summed E-state index contributed by atoms with van der Waals surface area (Å²) in [5.41, 5.74) is 0.931. The standard InChI is InChI=1S/C17H17N3O2S3/c1-2-20-16(22)14-11(12-4-3-7-23-12)8-24-15(14)19-17(20)25-9-13(21)18-10-5-6-10/h3-4,7-8,10H,2,5-6,9H2,1H3,(H,18,21). The Kier molecular flexibility index (Phi) is 4.66. The van der Waals surface area contributed by atoms with Gasteiger partial charge in [0.1, 0.15) is 4.83 Å². The minimum atomic E-state index is -0.0257. The van der Waals surface area contributed by atoms with Crippen LogP contribution in [0.3, 0.4) is 0 Å². The van der Waals surface area contributed by atoms with Crippen molar-refractivity contribution in [2.24, 2.45) is 0 Å². The maximum Gasteiger partial charge on any atom is 0.263 e. The van der Waals surface area contributed by atoms with Gasteiger partial charge in [0.2, 0.25) is 5.91 Å². The summed E-state index contributed by atoms with van der Waals surface area (Å²) in [6.45, 7) is 2.47. The normalized spacial score (nSPS) is 14.1. The number of rotatable bonds is 6. The van der Waals surface area contributed by atoms with Gasteiger partial charge in [0.15, 0.2) is 5.16 Å². The predicted molar refractivity (Wildman–Crippen MR) is 105 cm³/mol. The number of thiophene rings is 2.